The summed E-state index contributed by atoms with van der Waals surface area (Å²) < 4.78 is 5.73. The van der Waals surface area contributed by atoms with Crippen LogP contribution in [-0.2, 0) is 4.79 Å². The minimum absolute atomic E-state index is 0.0260. The highest BCUT2D eigenvalue weighted by Gasteiger charge is 2.22. The zero-order valence-corrected chi connectivity index (χ0v) is 11.6. The van der Waals surface area contributed by atoms with Gasteiger partial charge in [0.05, 0.1) is 18.3 Å². The second-order valence-electron chi connectivity index (χ2n) is 5.34. The number of hydrogen-bond acceptors (Lipinski definition) is 3. The van der Waals surface area contributed by atoms with E-state index in [-0.39, 0.29) is 11.9 Å². The van der Waals surface area contributed by atoms with Gasteiger partial charge in [0.2, 0.25) is 5.91 Å². The zero-order chi connectivity index (χ0) is 13.7. The van der Waals surface area contributed by atoms with Crippen LogP contribution in [-0.4, -0.2) is 25.1 Å². The standard InChI is InChI=1S/C15H22N2O2/c1-11(2)10-19-14-8-4-3-6-12(14)17-15(18)13-7-5-9-16-13/h3-4,6,8,11,13,16H,5,7,9-10H2,1-2H3,(H,17,18). The molecule has 2 N–H and O–H groups in total. The third-order valence-corrected chi connectivity index (χ3v) is 3.09. The van der Waals surface area contributed by atoms with Gasteiger partial charge in [-0.05, 0) is 37.4 Å². The molecule has 1 aliphatic heterocycles. The summed E-state index contributed by atoms with van der Waals surface area (Å²) in [4.78, 5) is 12.1. The monoisotopic (exact) mass is 262 g/mol. The van der Waals surface area contributed by atoms with Crippen molar-refractivity contribution in [1.29, 1.82) is 0 Å². The first kappa shape index (κ1) is 13.9. The van der Waals surface area contributed by atoms with Gasteiger partial charge in [-0.15, -0.1) is 0 Å². The lowest BCUT2D eigenvalue weighted by Gasteiger charge is -2.15. The number of benzene rings is 1. The van der Waals surface area contributed by atoms with Crippen molar-refractivity contribution in [1.82, 2.24) is 5.32 Å². The molecule has 2 rings (SSSR count). The number of amides is 1. The smallest absolute Gasteiger partial charge is 0.241 e. The third-order valence-electron chi connectivity index (χ3n) is 3.09. The number of rotatable bonds is 5. The SMILES string of the molecule is CC(C)COc1ccccc1NC(=O)C1CCCN1. The summed E-state index contributed by atoms with van der Waals surface area (Å²) in [7, 11) is 0. The molecule has 1 atom stereocenters. The molecule has 1 heterocycles. The van der Waals surface area contributed by atoms with Gasteiger partial charge >= 0.3 is 0 Å². The molecule has 4 heteroatoms. The quantitative estimate of drug-likeness (QED) is 0.856. The molecule has 104 valence electrons. The number of para-hydroxylation sites is 2. The molecule has 0 aromatic heterocycles. The average molecular weight is 262 g/mol. The number of anilines is 1. The molecular weight excluding hydrogens is 240 g/mol. The summed E-state index contributed by atoms with van der Waals surface area (Å²) in [6.45, 7) is 5.77. The molecule has 19 heavy (non-hydrogen) atoms. The molecule has 1 fully saturated rings. The molecule has 0 spiro atoms. The van der Waals surface area contributed by atoms with Crippen LogP contribution in [0.3, 0.4) is 0 Å². The fourth-order valence-electron chi connectivity index (χ4n) is 2.08. The van der Waals surface area contributed by atoms with Crippen LogP contribution in [0.4, 0.5) is 5.69 Å². The van der Waals surface area contributed by atoms with Crippen molar-refractivity contribution in [3.63, 3.8) is 0 Å². The van der Waals surface area contributed by atoms with E-state index < -0.39 is 0 Å². The molecule has 0 saturated carbocycles. The fourth-order valence-corrected chi connectivity index (χ4v) is 2.08. The molecule has 1 unspecified atom stereocenters. The normalized spacial score (nSPS) is 18.6. The zero-order valence-electron chi connectivity index (χ0n) is 11.6. The van der Waals surface area contributed by atoms with Crippen LogP contribution in [0, 0.1) is 5.92 Å². The Morgan fingerprint density at radius 2 is 2.26 bits per heavy atom. The van der Waals surface area contributed by atoms with Crippen molar-refractivity contribution >= 4 is 11.6 Å². The molecule has 1 aliphatic rings. The number of ether oxygens (including phenoxy) is 1. The molecule has 0 aliphatic carbocycles. The Labute approximate surface area is 114 Å². The van der Waals surface area contributed by atoms with E-state index in [0.29, 0.717) is 12.5 Å². The van der Waals surface area contributed by atoms with Crippen LogP contribution in [0.25, 0.3) is 0 Å². The third kappa shape index (κ3) is 3.96. The lowest BCUT2D eigenvalue weighted by atomic mass is 10.2. The summed E-state index contributed by atoms with van der Waals surface area (Å²) in [5, 5.41) is 6.14. The van der Waals surface area contributed by atoms with Crippen molar-refractivity contribution in [3.8, 4) is 5.75 Å². The molecule has 0 bridgehead atoms. The van der Waals surface area contributed by atoms with Gasteiger partial charge in [-0.25, -0.2) is 0 Å². The Balaban J connectivity index is 2.00. The Morgan fingerprint density at radius 1 is 1.47 bits per heavy atom. The van der Waals surface area contributed by atoms with E-state index >= 15 is 0 Å². The first-order chi connectivity index (χ1) is 9.16. The molecule has 1 aromatic rings. The first-order valence-corrected chi connectivity index (χ1v) is 6.93. The van der Waals surface area contributed by atoms with E-state index in [0.717, 1.165) is 30.8 Å². The van der Waals surface area contributed by atoms with Crippen molar-refractivity contribution in [3.05, 3.63) is 24.3 Å². The highest BCUT2D eigenvalue weighted by Crippen LogP contribution is 2.24. The van der Waals surface area contributed by atoms with E-state index in [1.165, 1.54) is 0 Å². The molecule has 4 nitrogen and oxygen atoms in total. The number of hydrogen-bond donors (Lipinski definition) is 2. The number of nitrogens with one attached hydrogen (secondary N) is 2. The molecular formula is C15H22N2O2. The summed E-state index contributed by atoms with van der Waals surface area (Å²) in [6, 6.07) is 7.51. The molecule has 1 aromatic carbocycles. The highest BCUT2D eigenvalue weighted by atomic mass is 16.5. The topological polar surface area (TPSA) is 50.4 Å². The maximum absolute atomic E-state index is 12.1. The van der Waals surface area contributed by atoms with Crippen LogP contribution < -0.4 is 15.4 Å². The van der Waals surface area contributed by atoms with Crippen molar-refractivity contribution < 1.29 is 9.53 Å². The minimum atomic E-state index is -0.0712. The van der Waals surface area contributed by atoms with Gasteiger partial charge in [-0.1, -0.05) is 26.0 Å². The Kier molecular flexibility index (Phi) is 4.80. The largest absolute Gasteiger partial charge is 0.491 e. The maximum Gasteiger partial charge on any atom is 0.241 e. The average Bonchev–Trinajstić information content (AvgIpc) is 2.91. The van der Waals surface area contributed by atoms with Gasteiger partial charge in [-0.3, -0.25) is 4.79 Å². The first-order valence-electron chi connectivity index (χ1n) is 6.93. The van der Waals surface area contributed by atoms with Crippen LogP contribution in [0.2, 0.25) is 0 Å². The lowest BCUT2D eigenvalue weighted by molar-refractivity contribution is -0.117. The van der Waals surface area contributed by atoms with Gasteiger partial charge in [-0.2, -0.15) is 0 Å². The van der Waals surface area contributed by atoms with Crippen LogP contribution in [0.15, 0.2) is 24.3 Å². The maximum atomic E-state index is 12.1. The summed E-state index contributed by atoms with van der Waals surface area (Å²) >= 11 is 0. The van der Waals surface area contributed by atoms with E-state index in [2.05, 4.69) is 24.5 Å². The van der Waals surface area contributed by atoms with E-state index in [1.807, 2.05) is 24.3 Å². The number of carbonyl (C=O) groups excluding carboxylic acids is 1. The van der Waals surface area contributed by atoms with E-state index in [9.17, 15) is 4.79 Å². The van der Waals surface area contributed by atoms with Crippen molar-refractivity contribution in [2.45, 2.75) is 32.7 Å². The van der Waals surface area contributed by atoms with Gasteiger partial charge in [0.25, 0.3) is 0 Å². The highest BCUT2D eigenvalue weighted by molar-refractivity contribution is 5.96. The van der Waals surface area contributed by atoms with Crippen LogP contribution in [0.1, 0.15) is 26.7 Å². The Bertz CT molecular complexity index is 426. The summed E-state index contributed by atoms with van der Waals surface area (Å²) in [6.07, 6.45) is 1.96. The predicted molar refractivity (Wildman–Crippen MR) is 76.4 cm³/mol. The Hall–Kier alpha value is -1.55. The minimum Gasteiger partial charge on any atom is -0.491 e. The summed E-state index contributed by atoms with van der Waals surface area (Å²) in [5.41, 5.74) is 0.752. The van der Waals surface area contributed by atoms with E-state index in [1.54, 1.807) is 0 Å². The Morgan fingerprint density at radius 3 is 2.95 bits per heavy atom. The summed E-state index contributed by atoms with van der Waals surface area (Å²) in [5.74, 6) is 1.22. The van der Waals surface area contributed by atoms with Gasteiger partial charge in [0, 0.05) is 0 Å². The van der Waals surface area contributed by atoms with Crippen molar-refractivity contribution in [2.24, 2.45) is 5.92 Å². The predicted octanol–water partition coefficient (Wildman–Crippen LogP) is 2.41. The van der Waals surface area contributed by atoms with Gasteiger partial charge in [0.1, 0.15) is 5.75 Å². The molecule has 1 amide bonds. The van der Waals surface area contributed by atoms with Crippen molar-refractivity contribution in [2.75, 3.05) is 18.5 Å². The van der Waals surface area contributed by atoms with E-state index in [4.69, 9.17) is 4.74 Å². The van der Waals surface area contributed by atoms with Crippen LogP contribution >= 0.6 is 0 Å². The second kappa shape index (κ2) is 6.57. The van der Waals surface area contributed by atoms with Gasteiger partial charge < -0.3 is 15.4 Å². The van der Waals surface area contributed by atoms with Crippen LogP contribution in [0.5, 0.6) is 5.75 Å². The molecule has 1 saturated heterocycles. The lowest BCUT2D eigenvalue weighted by Crippen LogP contribution is -2.35. The molecule has 0 radical (unpaired) electrons. The number of carbonyl (C=O) groups is 1. The fraction of sp³-hybridized carbons (Fsp3) is 0.533. The second-order valence-corrected chi connectivity index (χ2v) is 5.34. The van der Waals surface area contributed by atoms with Gasteiger partial charge in [0.15, 0.2) is 0 Å².